The van der Waals surface area contributed by atoms with Crippen LogP contribution in [0.25, 0.3) is 54.6 Å². The molecule has 0 spiro atoms. The lowest BCUT2D eigenvalue weighted by Gasteiger charge is -2.19. The molecule has 8 aromatic carbocycles. The van der Waals surface area contributed by atoms with Crippen molar-refractivity contribution in [2.45, 2.75) is 0 Å². The Morgan fingerprint density at radius 2 is 0.760 bits per heavy atom. The molecule has 0 atom stereocenters. The fraction of sp³-hybridized carbons (Fsp3) is 0. The molecule has 0 radical (unpaired) electrons. The number of hydrogen-bond donors (Lipinski definition) is 2. The lowest BCUT2D eigenvalue weighted by Crippen LogP contribution is -1.95. The van der Waals surface area contributed by atoms with Crippen molar-refractivity contribution in [1.29, 1.82) is 0 Å². The molecule has 50 heavy (non-hydrogen) atoms. The van der Waals surface area contributed by atoms with Crippen LogP contribution < -0.4 is 11.5 Å². The van der Waals surface area contributed by atoms with Gasteiger partial charge in [-0.15, -0.1) is 0 Å². The number of anilines is 2. The van der Waals surface area contributed by atoms with E-state index in [-0.39, 0.29) is 0 Å². The van der Waals surface area contributed by atoms with Gasteiger partial charge in [0.2, 0.25) is 0 Å². The van der Waals surface area contributed by atoms with Crippen LogP contribution in [-0.2, 0) is 0 Å². The summed E-state index contributed by atoms with van der Waals surface area (Å²) in [6.45, 7) is 0. The Bertz CT molecular complexity index is 2530. The average molecular weight is 641 g/mol. The first-order valence-corrected chi connectivity index (χ1v) is 16.1. The molecule has 0 unspecified atom stereocenters. The number of aldehydes is 2. The van der Waals surface area contributed by atoms with Gasteiger partial charge in [-0.1, -0.05) is 96.5 Å². The van der Waals surface area contributed by atoms with Gasteiger partial charge in [0, 0.05) is 44.8 Å². The Morgan fingerprint density at radius 3 is 1.12 bits per heavy atom. The number of carbonyl (C=O) groups excluding carboxylic acids is 2. The summed E-state index contributed by atoms with van der Waals surface area (Å²) in [6.07, 6.45) is 1.71. The highest BCUT2D eigenvalue weighted by atomic mass is 16.1. The van der Waals surface area contributed by atoms with Crippen molar-refractivity contribution >= 4 is 56.3 Å². The molecule has 0 aliphatic carbocycles. The van der Waals surface area contributed by atoms with Gasteiger partial charge in [0.15, 0.2) is 0 Å². The molecule has 4 nitrogen and oxygen atoms in total. The van der Waals surface area contributed by atoms with E-state index in [1.54, 1.807) is 0 Å². The first-order valence-electron chi connectivity index (χ1n) is 16.1. The maximum absolute atomic E-state index is 11.5. The zero-order valence-electron chi connectivity index (χ0n) is 26.8. The van der Waals surface area contributed by atoms with Crippen molar-refractivity contribution in [3.05, 3.63) is 167 Å². The number of nitrogen functional groups attached to an aromatic ring is 2. The van der Waals surface area contributed by atoms with E-state index < -0.39 is 0 Å². The third kappa shape index (κ3) is 5.48. The second-order valence-corrected chi connectivity index (χ2v) is 12.2. The Kier molecular flexibility index (Phi) is 7.53. The van der Waals surface area contributed by atoms with Gasteiger partial charge < -0.3 is 11.5 Å². The van der Waals surface area contributed by atoms with Crippen LogP contribution in [-0.4, -0.2) is 12.6 Å². The fourth-order valence-corrected chi connectivity index (χ4v) is 6.57. The third-order valence-corrected chi connectivity index (χ3v) is 9.12. The van der Waals surface area contributed by atoms with E-state index in [0.717, 1.165) is 89.4 Å². The minimum absolute atomic E-state index is 0.615. The average Bonchev–Trinajstić information content (AvgIpc) is 3.16. The van der Waals surface area contributed by atoms with Crippen molar-refractivity contribution < 1.29 is 9.59 Å². The molecule has 0 aliphatic heterocycles. The van der Waals surface area contributed by atoms with Crippen LogP contribution in [0.1, 0.15) is 43.0 Å². The van der Waals surface area contributed by atoms with Gasteiger partial charge in [0.25, 0.3) is 0 Å². The predicted molar refractivity (Wildman–Crippen MR) is 205 cm³/mol. The molecule has 0 aliphatic rings. The smallest absolute Gasteiger partial charge is 0.150 e. The SMILES string of the molecule is Nc1ccc(C#Cc2cc(-c3ccc(C=O)cc3)c3ccc4c(C#Cc5ccc(N)cc5)cc(-c5ccc(C=O)cc5)c5ccc2c3c45)cc1. The highest BCUT2D eigenvalue weighted by Gasteiger charge is 2.19. The first-order chi connectivity index (χ1) is 24.5. The van der Waals surface area contributed by atoms with Gasteiger partial charge in [0.1, 0.15) is 12.6 Å². The zero-order chi connectivity index (χ0) is 34.2. The van der Waals surface area contributed by atoms with E-state index in [2.05, 4.69) is 60.1 Å². The van der Waals surface area contributed by atoms with Crippen molar-refractivity contribution in [2.24, 2.45) is 0 Å². The molecule has 0 saturated carbocycles. The van der Waals surface area contributed by atoms with E-state index in [4.69, 9.17) is 11.5 Å². The predicted octanol–water partition coefficient (Wildman–Crippen LogP) is 9.51. The molecule has 234 valence electrons. The monoisotopic (exact) mass is 640 g/mol. The van der Waals surface area contributed by atoms with Crippen LogP contribution >= 0.6 is 0 Å². The van der Waals surface area contributed by atoms with Crippen LogP contribution in [0.5, 0.6) is 0 Å². The van der Waals surface area contributed by atoms with Crippen LogP contribution in [0.15, 0.2) is 133 Å². The van der Waals surface area contributed by atoms with E-state index in [1.165, 1.54) is 0 Å². The van der Waals surface area contributed by atoms with Gasteiger partial charge >= 0.3 is 0 Å². The molecule has 0 aromatic heterocycles. The first kappa shape index (κ1) is 30.2. The number of benzene rings is 8. The Labute approximate surface area is 289 Å². The topological polar surface area (TPSA) is 86.2 Å². The second kappa shape index (κ2) is 12.5. The summed E-state index contributed by atoms with van der Waals surface area (Å²) in [4.78, 5) is 23.0. The number of carbonyl (C=O) groups is 2. The van der Waals surface area contributed by atoms with Gasteiger partial charge in [-0.05, 0) is 115 Å². The normalized spacial score (nSPS) is 10.8. The number of nitrogens with two attached hydrogens (primary N) is 2. The van der Waals surface area contributed by atoms with Gasteiger partial charge in [0.05, 0.1) is 0 Å². The Morgan fingerprint density at radius 1 is 0.400 bits per heavy atom. The van der Waals surface area contributed by atoms with Crippen molar-refractivity contribution in [2.75, 3.05) is 11.5 Å². The Balaban J connectivity index is 1.47. The fourth-order valence-electron chi connectivity index (χ4n) is 6.57. The van der Waals surface area contributed by atoms with Crippen LogP contribution in [0, 0.1) is 23.7 Å². The van der Waals surface area contributed by atoms with Crippen LogP contribution in [0.2, 0.25) is 0 Å². The molecule has 8 aromatic rings. The van der Waals surface area contributed by atoms with Crippen molar-refractivity contribution in [3.63, 3.8) is 0 Å². The van der Waals surface area contributed by atoms with Gasteiger partial charge in [-0.3, -0.25) is 9.59 Å². The maximum Gasteiger partial charge on any atom is 0.150 e. The summed E-state index contributed by atoms with van der Waals surface area (Å²) >= 11 is 0. The van der Waals surface area contributed by atoms with Crippen molar-refractivity contribution in [1.82, 2.24) is 0 Å². The largest absolute Gasteiger partial charge is 0.399 e. The number of rotatable bonds is 4. The van der Waals surface area contributed by atoms with Gasteiger partial charge in [-0.2, -0.15) is 0 Å². The van der Waals surface area contributed by atoms with Crippen molar-refractivity contribution in [3.8, 4) is 45.9 Å². The summed E-state index contributed by atoms with van der Waals surface area (Å²) in [5.41, 5.74) is 22.0. The quantitative estimate of drug-likeness (QED) is 0.0868. The molecule has 8 rings (SSSR count). The highest BCUT2D eigenvalue weighted by molar-refractivity contribution is 6.29. The minimum Gasteiger partial charge on any atom is -0.399 e. The molecule has 4 heteroatoms. The van der Waals surface area contributed by atoms with Gasteiger partial charge in [-0.25, -0.2) is 0 Å². The third-order valence-electron chi connectivity index (χ3n) is 9.12. The zero-order valence-corrected chi connectivity index (χ0v) is 26.8. The summed E-state index contributed by atoms with van der Waals surface area (Å²) in [5.74, 6) is 13.6. The van der Waals surface area contributed by atoms with Crippen LogP contribution in [0.3, 0.4) is 0 Å². The summed E-state index contributed by atoms with van der Waals surface area (Å²) in [5, 5.41) is 6.36. The minimum atomic E-state index is 0.615. The molecule has 0 fully saturated rings. The van der Waals surface area contributed by atoms with E-state index >= 15 is 0 Å². The molecule has 0 amide bonds. The van der Waals surface area contributed by atoms with E-state index in [1.807, 2.05) is 97.1 Å². The standard InChI is InChI=1S/C46H28N2O2/c47-37-17-7-29(8-18-37)1-15-35-25-43(33-11-3-31(27-49)4-12-33)41-24-22-40-36(16-2-30-9-19-38(48)20-10-30)26-44(34-13-5-32(28-50)6-14-34)42-23-21-39(35)45(41)46(40)42/h3-14,17-28H,47-48H2. The summed E-state index contributed by atoms with van der Waals surface area (Å²) < 4.78 is 0. The molecular weight excluding hydrogens is 613 g/mol. The highest BCUT2D eigenvalue weighted by Crippen LogP contribution is 2.44. The Hall–Kier alpha value is -7.14. The van der Waals surface area contributed by atoms with E-state index in [9.17, 15) is 9.59 Å². The number of hydrogen-bond acceptors (Lipinski definition) is 4. The molecule has 0 heterocycles. The van der Waals surface area contributed by atoms with Crippen LogP contribution in [0.4, 0.5) is 11.4 Å². The summed E-state index contributed by atoms with van der Waals surface area (Å²) in [6, 6.07) is 43.3. The maximum atomic E-state index is 11.5. The molecule has 4 N–H and O–H groups in total. The van der Waals surface area contributed by atoms with E-state index in [0.29, 0.717) is 22.5 Å². The molecule has 0 bridgehead atoms. The molecular formula is C46H28N2O2. The lowest BCUT2D eigenvalue weighted by atomic mass is 9.84. The lowest BCUT2D eigenvalue weighted by molar-refractivity contribution is 0.111. The molecule has 0 saturated heterocycles. The summed E-state index contributed by atoms with van der Waals surface area (Å²) in [7, 11) is 0. The second-order valence-electron chi connectivity index (χ2n) is 12.2.